The standard InChI is InChI=1S/C34H42N2O10/c1-41-26-19-23(20-27(42-2)32(26)45-5)13-7-9-16-30(37)35-18-12-11-15-25(34(39)40)36-31(38)17-10-8-14-24-21-28(43-3)33(46-6)29(22-24)44-4/h7-10,13-14,16-17,19-22,25H,11-12,15,18H2,1-6H3,(H,35,37)(H,36,38)(H,39,40)/b13-7+,14-8+,16-9+,17-10+/t25-/m0/s1. The van der Waals surface area contributed by atoms with Crippen LogP contribution in [0.5, 0.6) is 34.5 Å². The fourth-order valence-corrected chi connectivity index (χ4v) is 4.24. The van der Waals surface area contributed by atoms with Gasteiger partial charge >= 0.3 is 5.97 Å². The minimum atomic E-state index is -1.14. The molecule has 0 saturated carbocycles. The number of hydrogen-bond donors (Lipinski definition) is 3. The Morgan fingerprint density at radius 2 is 1.09 bits per heavy atom. The molecular weight excluding hydrogens is 596 g/mol. The topological polar surface area (TPSA) is 151 Å². The summed E-state index contributed by atoms with van der Waals surface area (Å²) < 4.78 is 31.9. The van der Waals surface area contributed by atoms with E-state index in [4.69, 9.17) is 28.4 Å². The number of unbranched alkanes of at least 4 members (excludes halogenated alkanes) is 1. The lowest BCUT2D eigenvalue weighted by Gasteiger charge is -2.13. The van der Waals surface area contributed by atoms with Crippen LogP contribution >= 0.6 is 0 Å². The van der Waals surface area contributed by atoms with Crippen molar-refractivity contribution in [3.05, 3.63) is 71.8 Å². The summed E-state index contributed by atoms with van der Waals surface area (Å²) in [6.45, 7) is 0.353. The number of benzene rings is 2. The van der Waals surface area contributed by atoms with Crippen LogP contribution in [0.25, 0.3) is 12.2 Å². The third-order valence-electron chi connectivity index (χ3n) is 6.50. The number of carboxylic acid groups (broad SMARTS) is 1. The summed E-state index contributed by atoms with van der Waals surface area (Å²) >= 11 is 0. The van der Waals surface area contributed by atoms with Crippen molar-refractivity contribution in [2.24, 2.45) is 0 Å². The number of allylic oxidation sites excluding steroid dienone is 4. The Kier molecular flexibility index (Phi) is 15.8. The van der Waals surface area contributed by atoms with Gasteiger partial charge in [0.25, 0.3) is 0 Å². The van der Waals surface area contributed by atoms with Gasteiger partial charge in [0, 0.05) is 18.7 Å². The van der Waals surface area contributed by atoms with Gasteiger partial charge in [0.2, 0.25) is 23.3 Å². The summed E-state index contributed by atoms with van der Waals surface area (Å²) in [6.07, 6.45) is 13.8. The molecule has 2 aromatic rings. The van der Waals surface area contributed by atoms with Crippen LogP contribution in [0.1, 0.15) is 30.4 Å². The molecule has 12 nitrogen and oxygen atoms in total. The zero-order valence-corrected chi connectivity index (χ0v) is 27.0. The van der Waals surface area contributed by atoms with E-state index < -0.39 is 17.9 Å². The van der Waals surface area contributed by atoms with Crippen LogP contribution in [0.3, 0.4) is 0 Å². The smallest absolute Gasteiger partial charge is 0.326 e. The second-order valence-electron chi connectivity index (χ2n) is 9.54. The summed E-state index contributed by atoms with van der Waals surface area (Å²) in [5.74, 6) is 1.01. The van der Waals surface area contributed by atoms with E-state index in [9.17, 15) is 19.5 Å². The molecule has 2 amide bonds. The highest BCUT2D eigenvalue weighted by molar-refractivity contribution is 5.91. The van der Waals surface area contributed by atoms with Crippen LogP contribution in [0, 0.1) is 0 Å². The van der Waals surface area contributed by atoms with Crippen LogP contribution in [-0.2, 0) is 14.4 Å². The van der Waals surface area contributed by atoms with E-state index >= 15 is 0 Å². The number of rotatable bonds is 19. The van der Waals surface area contributed by atoms with Gasteiger partial charge in [-0.05, 0) is 54.7 Å². The summed E-state index contributed by atoms with van der Waals surface area (Å²) in [5, 5.41) is 14.8. The first-order valence-electron chi connectivity index (χ1n) is 14.3. The predicted molar refractivity (Wildman–Crippen MR) is 175 cm³/mol. The van der Waals surface area contributed by atoms with Gasteiger partial charge in [-0.2, -0.15) is 0 Å². The average Bonchev–Trinajstić information content (AvgIpc) is 3.06. The second-order valence-corrected chi connectivity index (χ2v) is 9.54. The van der Waals surface area contributed by atoms with Gasteiger partial charge in [-0.3, -0.25) is 9.59 Å². The molecule has 0 aliphatic rings. The molecule has 0 saturated heterocycles. The van der Waals surface area contributed by atoms with Crippen molar-refractivity contribution >= 4 is 29.9 Å². The van der Waals surface area contributed by atoms with Crippen LogP contribution in [-0.4, -0.2) is 78.1 Å². The zero-order chi connectivity index (χ0) is 33.9. The first-order chi connectivity index (χ1) is 22.2. The van der Waals surface area contributed by atoms with E-state index in [0.717, 1.165) is 11.1 Å². The molecule has 12 heteroatoms. The van der Waals surface area contributed by atoms with Gasteiger partial charge in [0.05, 0.1) is 42.7 Å². The van der Waals surface area contributed by atoms with Gasteiger partial charge in [-0.15, -0.1) is 0 Å². The Labute approximate surface area is 269 Å². The van der Waals surface area contributed by atoms with E-state index in [-0.39, 0.29) is 12.3 Å². The molecule has 2 aromatic carbocycles. The molecule has 0 unspecified atom stereocenters. The first-order valence-corrected chi connectivity index (χ1v) is 14.3. The van der Waals surface area contributed by atoms with Gasteiger partial charge in [0.15, 0.2) is 23.0 Å². The molecule has 0 aliphatic heterocycles. The zero-order valence-electron chi connectivity index (χ0n) is 27.0. The van der Waals surface area contributed by atoms with Crippen molar-refractivity contribution in [1.29, 1.82) is 0 Å². The highest BCUT2D eigenvalue weighted by atomic mass is 16.5. The SMILES string of the molecule is COc1cc(/C=C/C=C/C(=O)NCCCC[C@H](NC(=O)/C=C/C=C/c2cc(OC)c(OC)c(OC)c2)C(=O)O)cc(OC)c1OC. The lowest BCUT2D eigenvalue weighted by Crippen LogP contribution is -2.40. The molecule has 1 atom stereocenters. The number of carboxylic acids is 1. The van der Waals surface area contributed by atoms with Crippen LogP contribution in [0.2, 0.25) is 0 Å². The van der Waals surface area contributed by atoms with E-state index in [0.29, 0.717) is 53.9 Å². The quantitative estimate of drug-likeness (QED) is 0.115. The Morgan fingerprint density at radius 3 is 1.48 bits per heavy atom. The Hall–Kier alpha value is -5.39. The Morgan fingerprint density at radius 1 is 0.652 bits per heavy atom. The number of nitrogens with one attached hydrogen (secondary N) is 2. The van der Waals surface area contributed by atoms with Gasteiger partial charge in [-0.1, -0.05) is 36.5 Å². The number of hydrogen-bond acceptors (Lipinski definition) is 9. The lowest BCUT2D eigenvalue weighted by molar-refractivity contribution is -0.141. The van der Waals surface area contributed by atoms with Crippen LogP contribution in [0.4, 0.5) is 0 Å². The molecule has 0 bridgehead atoms. The van der Waals surface area contributed by atoms with Crippen molar-refractivity contribution in [3.63, 3.8) is 0 Å². The maximum absolute atomic E-state index is 12.3. The van der Waals surface area contributed by atoms with Gasteiger partial charge in [-0.25, -0.2) is 4.79 Å². The van der Waals surface area contributed by atoms with Gasteiger partial charge < -0.3 is 44.2 Å². The molecular formula is C34H42N2O10. The maximum Gasteiger partial charge on any atom is 0.326 e. The molecule has 2 rings (SSSR count). The molecule has 0 radical (unpaired) electrons. The van der Waals surface area contributed by atoms with Crippen LogP contribution in [0.15, 0.2) is 60.7 Å². The molecule has 0 spiro atoms. The monoisotopic (exact) mass is 638 g/mol. The summed E-state index contributed by atoms with van der Waals surface area (Å²) in [6, 6.07) is 6.01. The normalized spacial score (nSPS) is 12.0. The Bertz CT molecular complexity index is 1400. The maximum atomic E-state index is 12.3. The summed E-state index contributed by atoms with van der Waals surface area (Å²) in [5.41, 5.74) is 1.54. The summed E-state index contributed by atoms with van der Waals surface area (Å²) in [4.78, 5) is 36.1. The van der Waals surface area contributed by atoms with Crippen molar-refractivity contribution in [3.8, 4) is 34.5 Å². The minimum Gasteiger partial charge on any atom is -0.493 e. The number of carbonyl (C=O) groups excluding carboxylic acids is 2. The lowest BCUT2D eigenvalue weighted by atomic mass is 10.1. The highest BCUT2D eigenvalue weighted by Gasteiger charge is 2.18. The number of methoxy groups -OCH3 is 6. The molecule has 0 aromatic heterocycles. The number of amides is 2. The van der Waals surface area contributed by atoms with E-state index in [1.807, 2.05) is 0 Å². The predicted octanol–water partition coefficient (Wildman–Crippen LogP) is 4.43. The molecule has 0 heterocycles. The molecule has 3 N–H and O–H groups in total. The second kappa shape index (κ2) is 19.8. The Balaban J connectivity index is 1.78. The molecule has 0 aliphatic carbocycles. The first kappa shape index (κ1) is 36.8. The van der Waals surface area contributed by atoms with Crippen molar-refractivity contribution < 1.29 is 47.9 Å². The third-order valence-corrected chi connectivity index (χ3v) is 6.50. The number of aliphatic carboxylic acids is 1. The number of carbonyl (C=O) groups is 3. The van der Waals surface area contributed by atoms with Crippen molar-refractivity contribution in [2.75, 3.05) is 49.2 Å². The van der Waals surface area contributed by atoms with Crippen molar-refractivity contribution in [2.45, 2.75) is 25.3 Å². The fraction of sp³-hybridized carbons (Fsp3) is 0.324. The highest BCUT2D eigenvalue weighted by Crippen LogP contribution is 2.39. The summed E-state index contributed by atoms with van der Waals surface area (Å²) in [7, 11) is 9.15. The molecule has 248 valence electrons. The molecule has 0 fully saturated rings. The third kappa shape index (κ3) is 11.6. The minimum absolute atomic E-state index is 0.208. The van der Waals surface area contributed by atoms with Crippen LogP contribution < -0.4 is 39.1 Å². The van der Waals surface area contributed by atoms with E-state index in [1.54, 1.807) is 54.6 Å². The van der Waals surface area contributed by atoms with E-state index in [2.05, 4.69) is 10.6 Å². The van der Waals surface area contributed by atoms with Gasteiger partial charge in [0.1, 0.15) is 6.04 Å². The number of ether oxygens (including phenoxy) is 6. The largest absolute Gasteiger partial charge is 0.493 e. The average molecular weight is 639 g/mol. The molecule has 46 heavy (non-hydrogen) atoms. The van der Waals surface area contributed by atoms with E-state index in [1.165, 1.54) is 60.9 Å². The van der Waals surface area contributed by atoms with Crippen molar-refractivity contribution in [1.82, 2.24) is 10.6 Å². The fourth-order valence-electron chi connectivity index (χ4n) is 4.24.